The van der Waals surface area contributed by atoms with Crippen LogP contribution in [0.5, 0.6) is 0 Å². The van der Waals surface area contributed by atoms with E-state index >= 15 is 0 Å². The molecule has 26 heavy (non-hydrogen) atoms. The lowest BCUT2D eigenvalue weighted by atomic mass is 9.93. The molecule has 1 nitrogen and oxygen atoms in total. The van der Waals surface area contributed by atoms with E-state index in [0.717, 1.165) is 31.4 Å². The van der Waals surface area contributed by atoms with Crippen molar-refractivity contribution in [2.45, 2.75) is 44.1 Å². The summed E-state index contributed by atoms with van der Waals surface area (Å²) < 4.78 is 39.5. The van der Waals surface area contributed by atoms with Gasteiger partial charge in [0.05, 0.1) is 10.6 Å². The molecule has 2 aromatic rings. The van der Waals surface area contributed by atoms with Gasteiger partial charge in [0.25, 0.3) is 0 Å². The standard InChI is InChI=1S/C21H19ClF3N/c22-20-9-6-15(12-19(20)21(23,24)25)16-10-17-7-8-18(11-16)26(17)13-14-4-2-1-3-5-14/h1-6,9-10,12,17-18H,7-8,11,13H2. The first-order valence-electron chi connectivity index (χ1n) is 8.79. The molecule has 0 aliphatic carbocycles. The zero-order chi connectivity index (χ0) is 18.3. The minimum atomic E-state index is -4.43. The van der Waals surface area contributed by atoms with E-state index in [-0.39, 0.29) is 11.1 Å². The Balaban J connectivity index is 1.60. The molecule has 1 fully saturated rings. The lowest BCUT2D eigenvalue weighted by Gasteiger charge is -2.34. The van der Waals surface area contributed by atoms with Crippen LogP contribution in [0, 0.1) is 0 Å². The first-order chi connectivity index (χ1) is 12.4. The molecule has 0 saturated carbocycles. The summed E-state index contributed by atoms with van der Waals surface area (Å²) in [5, 5.41) is -0.244. The first kappa shape index (κ1) is 17.6. The molecule has 2 aromatic carbocycles. The Morgan fingerprint density at radius 1 is 1.04 bits per heavy atom. The molecule has 2 bridgehead atoms. The smallest absolute Gasteiger partial charge is 0.289 e. The van der Waals surface area contributed by atoms with E-state index in [9.17, 15) is 13.2 Å². The molecule has 0 radical (unpaired) electrons. The van der Waals surface area contributed by atoms with E-state index in [1.54, 1.807) is 6.07 Å². The fourth-order valence-electron chi connectivity index (χ4n) is 4.12. The largest absolute Gasteiger partial charge is 0.417 e. The summed E-state index contributed by atoms with van der Waals surface area (Å²) >= 11 is 5.76. The highest BCUT2D eigenvalue weighted by atomic mass is 35.5. The van der Waals surface area contributed by atoms with E-state index in [1.165, 1.54) is 17.7 Å². The number of benzene rings is 2. The molecule has 5 heteroatoms. The Morgan fingerprint density at radius 2 is 1.81 bits per heavy atom. The maximum Gasteiger partial charge on any atom is 0.417 e. The van der Waals surface area contributed by atoms with Crippen LogP contribution in [0.4, 0.5) is 13.2 Å². The summed E-state index contributed by atoms with van der Waals surface area (Å²) in [5.41, 5.74) is 2.16. The Bertz CT molecular complexity index is 829. The van der Waals surface area contributed by atoms with E-state index < -0.39 is 11.7 Å². The number of alkyl halides is 3. The van der Waals surface area contributed by atoms with E-state index in [0.29, 0.717) is 11.6 Å². The normalized spacial score (nSPS) is 23.2. The molecule has 2 unspecified atom stereocenters. The van der Waals surface area contributed by atoms with Crippen LogP contribution in [0.3, 0.4) is 0 Å². The molecular formula is C21H19ClF3N. The van der Waals surface area contributed by atoms with Crippen LogP contribution < -0.4 is 0 Å². The van der Waals surface area contributed by atoms with Gasteiger partial charge in [-0.1, -0.05) is 54.1 Å². The van der Waals surface area contributed by atoms with Crippen molar-refractivity contribution in [3.8, 4) is 0 Å². The van der Waals surface area contributed by atoms with Crippen LogP contribution in [-0.4, -0.2) is 17.0 Å². The van der Waals surface area contributed by atoms with E-state index in [2.05, 4.69) is 23.1 Å². The molecule has 0 N–H and O–H groups in total. The Morgan fingerprint density at radius 3 is 2.50 bits per heavy atom. The van der Waals surface area contributed by atoms with Gasteiger partial charge in [-0.3, -0.25) is 4.90 Å². The molecule has 0 amide bonds. The zero-order valence-electron chi connectivity index (χ0n) is 14.1. The summed E-state index contributed by atoms with van der Waals surface area (Å²) in [7, 11) is 0. The highest BCUT2D eigenvalue weighted by molar-refractivity contribution is 6.31. The van der Waals surface area contributed by atoms with Gasteiger partial charge in [0, 0.05) is 18.6 Å². The molecule has 2 heterocycles. The molecule has 2 atom stereocenters. The second-order valence-electron chi connectivity index (χ2n) is 7.04. The number of fused-ring (bicyclic) bond motifs is 2. The SMILES string of the molecule is FC(F)(F)c1cc(C2=CC3CCC(C2)N3Cc2ccccc2)ccc1Cl. The summed E-state index contributed by atoms with van der Waals surface area (Å²) in [6.07, 6.45) is 0.636. The van der Waals surface area contributed by atoms with Crippen molar-refractivity contribution < 1.29 is 13.2 Å². The number of hydrogen-bond acceptors (Lipinski definition) is 1. The molecule has 1 saturated heterocycles. The Labute approximate surface area is 156 Å². The Hall–Kier alpha value is -1.78. The van der Waals surface area contributed by atoms with Crippen molar-refractivity contribution >= 4 is 17.2 Å². The van der Waals surface area contributed by atoms with Gasteiger partial charge >= 0.3 is 6.18 Å². The van der Waals surface area contributed by atoms with Crippen LogP contribution in [-0.2, 0) is 12.7 Å². The highest BCUT2D eigenvalue weighted by Gasteiger charge is 2.38. The van der Waals surface area contributed by atoms with Crippen molar-refractivity contribution in [3.63, 3.8) is 0 Å². The minimum absolute atomic E-state index is 0.244. The summed E-state index contributed by atoms with van der Waals surface area (Å²) in [4.78, 5) is 2.47. The van der Waals surface area contributed by atoms with Gasteiger partial charge in [0.15, 0.2) is 0 Å². The summed E-state index contributed by atoms with van der Waals surface area (Å²) in [6.45, 7) is 0.883. The Kier molecular flexibility index (Phi) is 4.57. The number of hydrogen-bond donors (Lipinski definition) is 0. The van der Waals surface area contributed by atoms with Gasteiger partial charge in [-0.15, -0.1) is 0 Å². The predicted octanol–water partition coefficient (Wildman–Crippen LogP) is 6.18. The molecule has 0 aromatic heterocycles. The zero-order valence-corrected chi connectivity index (χ0v) is 14.9. The van der Waals surface area contributed by atoms with Gasteiger partial charge in [-0.25, -0.2) is 0 Å². The molecule has 2 aliphatic rings. The summed E-state index contributed by atoms with van der Waals surface area (Å²) in [5.74, 6) is 0. The van der Waals surface area contributed by atoms with Gasteiger partial charge in [-0.05, 0) is 48.1 Å². The van der Waals surface area contributed by atoms with Crippen molar-refractivity contribution in [2.24, 2.45) is 0 Å². The van der Waals surface area contributed by atoms with Crippen LogP contribution >= 0.6 is 11.6 Å². The third kappa shape index (κ3) is 3.40. The van der Waals surface area contributed by atoms with Gasteiger partial charge < -0.3 is 0 Å². The molecule has 0 spiro atoms. The third-order valence-corrected chi connectivity index (χ3v) is 5.72. The van der Waals surface area contributed by atoms with Crippen molar-refractivity contribution in [2.75, 3.05) is 0 Å². The number of rotatable bonds is 3. The fraction of sp³-hybridized carbons (Fsp3) is 0.333. The third-order valence-electron chi connectivity index (χ3n) is 5.39. The minimum Gasteiger partial charge on any atom is -0.289 e. The van der Waals surface area contributed by atoms with Gasteiger partial charge in [0.2, 0.25) is 0 Å². The number of halogens is 4. The first-order valence-corrected chi connectivity index (χ1v) is 9.17. The van der Waals surface area contributed by atoms with Crippen molar-refractivity contribution in [3.05, 3.63) is 76.3 Å². The lowest BCUT2D eigenvalue weighted by molar-refractivity contribution is -0.137. The summed E-state index contributed by atoms with van der Waals surface area (Å²) in [6, 6.07) is 15.2. The van der Waals surface area contributed by atoms with Crippen LogP contribution in [0.25, 0.3) is 5.57 Å². The maximum absolute atomic E-state index is 13.2. The molecule has 136 valence electrons. The maximum atomic E-state index is 13.2. The van der Waals surface area contributed by atoms with Gasteiger partial charge in [-0.2, -0.15) is 13.2 Å². The van der Waals surface area contributed by atoms with E-state index in [1.807, 2.05) is 18.2 Å². The average molecular weight is 378 g/mol. The topological polar surface area (TPSA) is 3.24 Å². The van der Waals surface area contributed by atoms with Crippen LogP contribution in [0.15, 0.2) is 54.6 Å². The number of nitrogens with zero attached hydrogens (tertiary/aromatic N) is 1. The molecular weight excluding hydrogens is 359 g/mol. The second-order valence-corrected chi connectivity index (χ2v) is 7.45. The highest BCUT2D eigenvalue weighted by Crippen LogP contribution is 2.42. The average Bonchev–Trinajstić information content (AvgIpc) is 2.84. The molecule has 4 rings (SSSR count). The van der Waals surface area contributed by atoms with Gasteiger partial charge in [0.1, 0.15) is 0 Å². The lowest BCUT2D eigenvalue weighted by Crippen LogP contribution is -2.37. The van der Waals surface area contributed by atoms with Crippen molar-refractivity contribution in [1.29, 1.82) is 0 Å². The quantitative estimate of drug-likeness (QED) is 0.617. The van der Waals surface area contributed by atoms with Crippen molar-refractivity contribution in [1.82, 2.24) is 4.90 Å². The monoisotopic (exact) mass is 377 g/mol. The van der Waals surface area contributed by atoms with Crippen LogP contribution in [0.1, 0.15) is 36.0 Å². The second kappa shape index (κ2) is 6.75. The van der Waals surface area contributed by atoms with Crippen LogP contribution in [0.2, 0.25) is 5.02 Å². The molecule has 2 aliphatic heterocycles. The predicted molar refractivity (Wildman–Crippen MR) is 97.8 cm³/mol. The fourth-order valence-corrected chi connectivity index (χ4v) is 4.34. The van der Waals surface area contributed by atoms with E-state index in [4.69, 9.17) is 11.6 Å².